The molecule has 2 heterocycles. The second-order valence-electron chi connectivity index (χ2n) is 4.52. The number of fused-ring (bicyclic) bond motifs is 1. The van der Waals surface area contributed by atoms with Crippen LogP contribution in [0.5, 0.6) is 0 Å². The van der Waals surface area contributed by atoms with Crippen molar-refractivity contribution < 1.29 is 0 Å². The summed E-state index contributed by atoms with van der Waals surface area (Å²) < 4.78 is 0. The molecule has 0 spiro atoms. The normalized spacial score (nSPS) is 12.6. The van der Waals surface area contributed by atoms with Gasteiger partial charge in [0, 0.05) is 21.8 Å². The number of aromatic amines is 2. The lowest BCUT2D eigenvalue weighted by molar-refractivity contribution is 0.955. The van der Waals surface area contributed by atoms with Gasteiger partial charge in [-0.05, 0) is 12.1 Å². The van der Waals surface area contributed by atoms with Gasteiger partial charge in [-0.15, -0.1) is 23.4 Å². The molecule has 5 nitrogen and oxygen atoms in total. The Morgan fingerprint density at radius 1 is 1.27 bits per heavy atom. The molecule has 0 aliphatic rings. The monoisotopic (exact) mass is 352 g/mol. The van der Waals surface area contributed by atoms with Crippen LogP contribution in [0.3, 0.4) is 0 Å². The summed E-state index contributed by atoms with van der Waals surface area (Å²) in [4.78, 5) is 20.2. The smallest absolute Gasteiger partial charge is 0.262 e. The van der Waals surface area contributed by atoms with Gasteiger partial charge in [0.25, 0.3) is 5.56 Å². The number of thioether (sulfide) groups is 2. The Morgan fingerprint density at radius 2 is 2.09 bits per heavy atom. The third-order valence-corrected chi connectivity index (χ3v) is 5.93. The van der Waals surface area contributed by atoms with Crippen molar-refractivity contribution in [1.82, 2.24) is 20.2 Å². The van der Waals surface area contributed by atoms with E-state index in [2.05, 4.69) is 32.3 Å². The number of halogens is 1. The molecule has 0 radical (unpaired) electrons. The van der Waals surface area contributed by atoms with Gasteiger partial charge in [-0.2, -0.15) is 5.10 Å². The van der Waals surface area contributed by atoms with E-state index in [4.69, 9.17) is 11.6 Å². The van der Waals surface area contributed by atoms with Gasteiger partial charge in [-0.3, -0.25) is 9.89 Å². The van der Waals surface area contributed by atoms with Gasteiger partial charge in [0.15, 0.2) is 10.8 Å². The minimum atomic E-state index is -0.181. The molecule has 0 aliphatic heterocycles. The van der Waals surface area contributed by atoms with Gasteiger partial charge in [-0.25, -0.2) is 4.98 Å². The Labute approximate surface area is 140 Å². The number of rotatable bonds is 6. The Morgan fingerprint density at radius 3 is 2.86 bits per heavy atom. The molecule has 0 saturated heterocycles. The van der Waals surface area contributed by atoms with Crippen LogP contribution in [0.2, 0.25) is 0 Å². The molecule has 0 bridgehead atoms. The van der Waals surface area contributed by atoms with E-state index in [1.807, 2.05) is 18.2 Å². The summed E-state index contributed by atoms with van der Waals surface area (Å²) in [5.41, 5.74) is 0.323. The molecule has 0 fully saturated rings. The van der Waals surface area contributed by atoms with Gasteiger partial charge in [-0.1, -0.05) is 30.0 Å². The molecule has 2 N–H and O–H groups in total. The van der Waals surface area contributed by atoms with E-state index >= 15 is 0 Å². The van der Waals surface area contributed by atoms with Crippen LogP contribution in [0.15, 0.2) is 51.4 Å². The van der Waals surface area contributed by atoms with Gasteiger partial charge in [0.05, 0.1) is 6.20 Å². The van der Waals surface area contributed by atoms with Gasteiger partial charge in [0.1, 0.15) is 5.39 Å². The molecule has 0 amide bonds. The first-order valence-corrected chi connectivity index (χ1v) is 9.00. The molecule has 1 aromatic carbocycles. The van der Waals surface area contributed by atoms with Crippen molar-refractivity contribution in [3.05, 3.63) is 46.9 Å². The molecule has 3 rings (SSSR count). The number of hydrogen-bond donors (Lipinski definition) is 2. The van der Waals surface area contributed by atoms with Crippen LogP contribution in [0.25, 0.3) is 11.0 Å². The maximum atomic E-state index is 11.9. The summed E-state index contributed by atoms with van der Waals surface area (Å²) >= 11 is 9.26. The first-order valence-electron chi connectivity index (χ1n) is 6.60. The molecular weight excluding hydrogens is 340 g/mol. The van der Waals surface area contributed by atoms with E-state index in [1.54, 1.807) is 11.8 Å². The van der Waals surface area contributed by atoms with Crippen molar-refractivity contribution in [2.24, 2.45) is 0 Å². The molecule has 2 aromatic heterocycles. The van der Waals surface area contributed by atoms with Crippen LogP contribution >= 0.6 is 35.1 Å². The zero-order valence-corrected chi connectivity index (χ0v) is 13.8. The first-order chi connectivity index (χ1) is 10.8. The van der Waals surface area contributed by atoms with Gasteiger partial charge >= 0.3 is 0 Å². The zero-order chi connectivity index (χ0) is 15.4. The number of alkyl halides is 1. The van der Waals surface area contributed by atoms with E-state index in [1.165, 1.54) is 22.9 Å². The second kappa shape index (κ2) is 7.21. The largest absolute Gasteiger partial charge is 0.301 e. The fraction of sp³-hybridized carbons (Fsp3) is 0.214. The van der Waals surface area contributed by atoms with Crippen LogP contribution in [-0.2, 0) is 0 Å². The first kappa shape index (κ1) is 15.5. The van der Waals surface area contributed by atoms with E-state index in [0.717, 1.165) is 5.75 Å². The van der Waals surface area contributed by atoms with Crippen LogP contribution in [0.1, 0.15) is 0 Å². The predicted octanol–water partition coefficient (Wildman–Crippen LogP) is 3.14. The van der Waals surface area contributed by atoms with Crippen LogP contribution in [0, 0.1) is 0 Å². The number of hydrogen-bond acceptors (Lipinski definition) is 5. The van der Waals surface area contributed by atoms with E-state index in [0.29, 0.717) is 22.1 Å². The minimum Gasteiger partial charge on any atom is -0.301 e. The number of H-pyrrole nitrogens is 2. The summed E-state index contributed by atoms with van der Waals surface area (Å²) in [6.07, 6.45) is 1.47. The quantitative estimate of drug-likeness (QED) is 0.405. The third kappa shape index (κ3) is 3.66. The van der Waals surface area contributed by atoms with E-state index < -0.39 is 0 Å². The van der Waals surface area contributed by atoms with Gasteiger partial charge in [0.2, 0.25) is 0 Å². The SMILES string of the molecule is O=c1[nH]c(SCC(CCl)Sc2ccccc2)nc2[nH]ncc12. The fourth-order valence-electron chi connectivity index (χ4n) is 1.87. The second-order valence-corrected chi connectivity index (χ2v) is 7.21. The number of aromatic nitrogens is 4. The number of nitrogens with zero attached hydrogens (tertiary/aromatic N) is 2. The maximum absolute atomic E-state index is 11.9. The zero-order valence-electron chi connectivity index (χ0n) is 11.5. The Hall–Kier alpha value is -1.44. The van der Waals surface area contributed by atoms with E-state index in [9.17, 15) is 4.79 Å². The topological polar surface area (TPSA) is 74.4 Å². The molecule has 8 heteroatoms. The molecule has 1 atom stereocenters. The van der Waals surface area contributed by atoms with Crippen molar-refractivity contribution >= 4 is 46.2 Å². The molecular formula is C14H13ClN4OS2. The Bertz CT molecular complexity index is 805. The van der Waals surface area contributed by atoms with Gasteiger partial charge < -0.3 is 4.98 Å². The molecule has 114 valence electrons. The summed E-state index contributed by atoms with van der Waals surface area (Å²) in [7, 11) is 0. The third-order valence-electron chi connectivity index (χ3n) is 2.92. The summed E-state index contributed by atoms with van der Waals surface area (Å²) in [6, 6.07) is 10.1. The van der Waals surface area contributed by atoms with Crippen LogP contribution in [0.4, 0.5) is 0 Å². The molecule has 0 aliphatic carbocycles. The maximum Gasteiger partial charge on any atom is 0.262 e. The van der Waals surface area contributed by atoms with Crippen molar-refractivity contribution in [3.63, 3.8) is 0 Å². The predicted molar refractivity (Wildman–Crippen MR) is 92.0 cm³/mol. The highest BCUT2D eigenvalue weighted by Crippen LogP contribution is 2.28. The lowest BCUT2D eigenvalue weighted by Crippen LogP contribution is -2.11. The highest BCUT2D eigenvalue weighted by Gasteiger charge is 2.12. The van der Waals surface area contributed by atoms with Crippen molar-refractivity contribution in [1.29, 1.82) is 0 Å². The average molecular weight is 353 g/mol. The highest BCUT2D eigenvalue weighted by atomic mass is 35.5. The number of benzene rings is 1. The van der Waals surface area contributed by atoms with E-state index in [-0.39, 0.29) is 10.8 Å². The summed E-state index contributed by atoms with van der Waals surface area (Å²) in [5, 5.41) is 7.82. The molecule has 22 heavy (non-hydrogen) atoms. The molecule has 3 aromatic rings. The number of nitrogens with one attached hydrogen (secondary N) is 2. The van der Waals surface area contributed by atoms with Crippen molar-refractivity contribution in [2.45, 2.75) is 15.3 Å². The summed E-state index contributed by atoms with van der Waals surface area (Å²) in [6.45, 7) is 0. The lowest BCUT2D eigenvalue weighted by Gasteiger charge is -2.12. The van der Waals surface area contributed by atoms with Crippen LogP contribution in [-0.4, -0.2) is 37.0 Å². The average Bonchev–Trinajstić information content (AvgIpc) is 3.01. The minimum absolute atomic E-state index is 0.181. The Kier molecular flexibility index (Phi) is 5.07. The molecule has 1 unspecified atom stereocenters. The van der Waals surface area contributed by atoms with Crippen molar-refractivity contribution in [2.75, 3.05) is 11.6 Å². The fourth-order valence-corrected chi connectivity index (χ4v) is 4.31. The standard InChI is InChI=1S/C14H13ClN4OS2/c15-6-10(22-9-4-2-1-3-5-9)8-21-14-17-12-11(7-16-19-12)13(20)18-14/h1-5,7,10H,6,8H2,(H2,16,17,18,19,20). The van der Waals surface area contributed by atoms with Crippen LogP contribution < -0.4 is 5.56 Å². The summed E-state index contributed by atoms with van der Waals surface area (Å²) in [5.74, 6) is 1.29. The highest BCUT2D eigenvalue weighted by molar-refractivity contribution is 8.03. The van der Waals surface area contributed by atoms with Crippen molar-refractivity contribution in [3.8, 4) is 0 Å². The lowest BCUT2D eigenvalue weighted by atomic mass is 10.4. The Balaban J connectivity index is 1.67. The molecule has 0 saturated carbocycles.